The van der Waals surface area contributed by atoms with Gasteiger partial charge in [0.05, 0.1) is 6.54 Å². The first-order chi connectivity index (χ1) is 7.65. The Bertz CT molecular complexity index is 399. The number of rotatable bonds is 2. The lowest BCUT2D eigenvalue weighted by molar-refractivity contribution is 0.199. The summed E-state index contributed by atoms with van der Waals surface area (Å²) in [6.45, 7) is 1.23. The molecule has 0 aromatic heterocycles. The first-order valence-electron chi connectivity index (χ1n) is 5.02. The van der Waals surface area contributed by atoms with E-state index in [0.717, 1.165) is 16.6 Å². The maximum atomic E-state index is 10.9. The van der Waals surface area contributed by atoms with Gasteiger partial charge in [-0.15, -0.1) is 0 Å². The molecule has 1 aliphatic heterocycles. The molecule has 5 heteroatoms. The van der Waals surface area contributed by atoms with Crippen LogP contribution in [0.15, 0.2) is 28.7 Å². The number of nitrogens with zero attached hydrogens (tertiary/aromatic N) is 1. The molecule has 1 atom stereocenters. The van der Waals surface area contributed by atoms with Crippen LogP contribution in [-0.4, -0.2) is 29.5 Å². The minimum absolute atomic E-state index is 0.0389. The Balaban J connectivity index is 1.94. The standard InChI is InChI=1S/C11H11BrClNO2/c12-8-2-1-3-9(6-8)16-10-4-5-14(7-10)11(13)15/h1-3,6,10H,4-5,7H2. The van der Waals surface area contributed by atoms with Crippen LogP contribution in [-0.2, 0) is 0 Å². The van der Waals surface area contributed by atoms with E-state index in [9.17, 15) is 4.79 Å². The topological polar surface area (TPSA) is 29.5 Å². The van der Waals surface area contributed by atoms with Gasteiger partial charge in [-0.05, 0) is 29.8 Å². The van der Waals surface area contributed by atoms with Gasteiger partial charge in [-0.1, -0.05) is 22.0 Å². The molecule has 1 saturated heterocycles. The summed E-state index contributed by atoms with van der Waals surface area (Å²) in [5.41, 5.74) is 0. The minimum atomic E-state index is -0.402. The summed E-state index contributed by atoms with van der Waals surface area (Å²) in [6, 6.07) is 7.66. The number of carbonyl (C=O) groups excluding carboxylic acids is 1. The zero-order valence-electron chi connectivity index (χ0n) is 8.53. The molecule has 1 aliphatic rings. The van der Waals surface area contributed by atoms with E-state index >= 15 is 0 Å². The number of ether oxygens (including phenoxy) is 1. The van der Waals surface area contributed by atoms with Crippen molar-refractivity contribution < 1.29 is 9.53 Å². The van der Waals surface area contributed by atoms with Crippen molar-refractivity contribution in [1.29, 1.82) is 0 Å². The zero-order valence-corrected chi connectivity index (χ0v) is 10.9. The van der Waals surface area contributed by atoms with Crippen LogP contribution in [0.5, 0.6) is 5.75 Å². The third-order valence-corrected chi connectivity index (χ3v) is 3.22. The van der Waals surface area contributed by atoms with E-state index in [1.54, 1.807) is 4.90 Å². The highest BCUT2D eigenvalue weighted by molar-refractivity contribution is 9.10. The van der Waals surface area contributed by atoms with Crippen molar-refractivity contribution in [3.8, 4) is 5.75 Å². The number of likely N-dealkylation sites (tertiary alicyclic amines) is 1. The van der Waals surface area contributed by atoms with Crippen LogP contribution in [0.3, 0.4) is 0 Å². The second-order valence-electron chi connectivity index (χ2n) is 3.68. The van der Waals surface area contributed by atoms with Gasteiger partial charge in [-0.25, -0.2) is 0 Å². The first kappa shape index (κ1) is 11.7. The maximum absolute atomic E-state index is 10.9. The molecular formula is C11H11BrClNO2. The van der Waals surface area contributed by atoms with E-state index in [1.165, 1.54) is 0 Å². The van der Waals surface area contributed by atoms with Crippen molar-refractivity contribution in [2.75, 3.05) is 13.1 Å². The zero-order chi connectivity index (χ0) is 11.5. The Morgan fingerprint density at radius 2 is 2.38 bits per heavy atom. The molecule has 1 amide bonds. The Labute approximate surface area is 107 Å². The average Bonchev–Trinajstić information content (AvgIpc) is 2.66. The normalized spacial score (nSPS) is 19.9. The van der Waals surface area contributed by atoms with Gasteiger partial charge in [0, 0.05) is 17.4 Å². The van der Waals surface area contributed by atoms with Crippen LogP contribution in [0.25, 0.3) is 0 Å². The highest BCUT2D eigenvalue weighted by Crippen LogP contribution is 2.22. The molecule has 0 aliphatic carbocycles. The molecule has 0 saturated carbocycles. The van der Waals surface area contributed by atoms with Crippen molar-refractivity contribution >= 4 is 32.9 Å². The molecule has 0 bridgehead atoms. The van der Waals surface area contributed by atoms with Gasteiger partial charge in [0.15, 0.2) is 0 Å². The molecule has 0 N–H and O–H groups in total. The predicted molar refractivity (Wildman–Crippen MR) is 66.0 cm³/mol. The van der Waals surface area contributed by atoms with Gasteiger partial charge >= 0.3 is 5.37 Å². The lowest BCUT2D eigenvalue weighted by Gasteiger charge is -2.14. The van der Waals surface area contributed by atoms with Crippen LogP contribution < -0.4 is 4.74 Å². The van der Waals surface area contributed by atoms with E-state index in [0.29, 0.717) is 13.1 Å². The molecular weight excluding hydrogens is 293 g/mol. The Kier molecular flexibility index (Phi) is 3.71. The van der Waals surface area contributed by atoms with E-state index < -0.39 is 5.37 Å². The molecule has 1 aromatic carbocycles. The quantitative estimate of drug-likeness (QED) is 0.620. The predicted octanol–water partition coefficient (Wildman–Crippen LogP) is 3.26. The number of hydrogen-bond acceptors (Lipinski definition) is 2. The van der Waals surface area contributed by atoms with Crippen LogP contribution >= 0.6 is 27.5 Å². The monoisotopic (exact) mass is 303 g/mol. The summed E-state index contributed by atoms with van der Waals surface area (Å²) in [6.07, 6.45) is 0.863. The molecule has 1 heterocycles. The highest BCUT2D eigenvalue weighted by atomic mass is 79.9. The molecule has 0 radical (unpaired) electrons. The van der Waals surface area contributed by atoms with Gasteiger partial charge in [0.2, 0.25) is 0 Å². The largest absolute Gasteiger partial charge is 0.488 e. The first-order valence-corrected chi connectivity index (χ1v) is 6.19. The molecule has 3 nitrogen and oxygen atoms in total. The van der Waals surface area contributed by atoms with Gasteiger partial charge < -0.3 is 9.64 Å². The smallest absolute Gasteiger partial charge is 0.316 e. The second-order valence-corrected chi connectivity index (χ2v) is 4.92. The van der Waals surface area contributed by atoms with Crippen LogP contribution in [0.2, 0.25) is 0 Å². The number of amides is 1. The van der Waals surface area contributed by atoms with E-state index in [-0.39, 0.29) is 6.10 Å². The lowest BCUT2D eigenvalue weighted by atomic mass is 10.3. The molecule has 86 valence electrons. The summed E-state index contributed by atoms with van der Waals surface area (Å²) in [5, 5.41) is -0.402. The van der Waals surface area contributed by atoms with Crippen molar-refractivity contribution in [3.05, 3.63) is 28.7 Å². The van der Waals surface area contributed by atoms with Crippen molar-refractivity contribution in [2.24, 2.45) is 0 Å². The van der Waals surface area contributed by atoms with E-state index in [2.05, 4.69) is 15.9 Å². The molecule has 1 unspecified atom stereocenters. The molecule has 2 rings (SSSR count). The number of halogens is 2. The lowest BCUT2D eigenvalue weighted by Crippen LogP contribution is -2.26. The van der Waals surface area contributed by atoms with Crippen LogP contribution in [0.4, 0.5) is 4.79 Å². The SMILES string of the molecule is O=C(Cl)N1CCC(Oc2cccc(Br)c2)C1. The van der Waals surface area contributed by atoms with Gasteiger partial charge in [-0.2, -0.15) is 0 Å². The van der Waals surface area contributed by atoms with Crippen LogP contribution in [0.1, 0.15) is 6.42 Å². The molecule has 16 heavy (non-hydrogen) atoms. The third-order valence-electron chi connectivity index (χ3n) is 2.49. The summed E-state index contributed by atoms with van der Waals surface area (Å²) < 4.78 is 6.73. The Hall–Kier alpha value is -0.740. The second kappa shape index (κ2) is 5.06. The van der Waals surface area contributed by atoms with Crippen LogP contribution in [0, 0.1) is 0 Å². The molecule has 1 fully saturated rings. The highest BCUT2D eigenvalue weighted by Gasteiger charge is 2.26. The summed E-state index contributed by atoms with van der Waals surface area (Å²) in [5.74, 6) is 0.809. The fourth-order valence-electron chi connectivity index (χ4n) is 1.72. The molecule has 1 aromatic rings. The van der Waals surface area contributed by atoms with E-state index in [4.69, 9.17) is 16.3 Å². The van der Waals surface area contributed by atoms with Crippen molar-refractivity contribution in [2.45, 2.75) is 12.5 Å². The summed E-state index contributed by atoms with van der Waals surface area (Å²) >= 11 is 8.78. The van der Waals surface area contributed by atoms with E-state index in [1.807, 2.05) is 24.3 Å². The Morgan fingerprint density at radius 3 is 3.00 bits per heavy atom. The fourth-order valence-corrected chi connectivity index (χ4v) is 2.25. The molecule has 0 spiro atoms. The summed E-state index contributed by atoms with van der Waals surface area (Å²) in [4.78, 5) is 12.5. The Morgan fingerprint density at radius 1 is 1.56 bits per heavy atom. The van der Waals surface area contributed by atoms with Crippen molar-refractivity contribution in [3.63, 3.8) is 0 Å². The van der Waals surface area contributed by atoms with Gasteiger partial charge in [-0.3, -0.25) is 4.79 Å². The number of carbonyl (C=O) groups is 1. The fraction of sp³-hybridized carbons (Fsp3) is 0.364. The maximum Gasteiger partial charge on any atom is 0.316 e. The van der Waals surface area contributed by atoms with Gasteiger partial charge in [0.25, 0.3) is 0 Å². The van der Waals surface area contributed by atoms with Gasteiger partial charge in [0.1, 0.15) is 11.9 Å². The minimum Gasteiger partial charge on any atom is -0.488 e. The summed E-state index contributed by atoms with van der Waals surface area (Å²) in [7, 11) is 0. The van der Waals surface area contributed by atoms with Crippen molar-refractivity contribution in [1.82, 2.24) is 4.90 Å². The number of benzene rings is 1. The average molecular weight is 305 g/mol. The third kappa shape index (κ3) is 2.89. The number of hydrogen-bond donors (Lipinski definition) is 0.